The number of aryl methyl sites for hydroxylation is 1. The molecule has 2 rings (SSSR count). The Morgan fingerprint density at radius 1 is 1.11 bits per heavy atom. The minimum absolute atomic E-state index is 0.306. The SMILES string of the molecule is COc1ccc(C(N)c2occc2C)cc1OC. The molecule has 4 heteroatoms. The van der Waals surface area contributed by atoms with Gasteiger partial charge in [-0.05, 0) is 36.2 Å². The van der Waals surface area contributed by atoms with Gasteiger partial charge in [-0.25, -0.2) is 0 Å². The third kappa shape index (κ3) is 2.19. The van der Waals surface area contributed by atoms with Crippen LogP contribution in [0.3, 0.4) is 0 Å². The van der Waals surface area contributed by atoms with Crippen LogP contribution in [-0.4, -0.2) is 14.2 Å². The molecule has 0 aliphatic carbocycles. The van der Waals surface area contributed by atoms with Crippen molar-refractivity contribution < 1.29 is 13.9 Å². The van der Waals surface area contributed by atoms with Gasteiger partial charge in [-0.1, -0.05) is 6.07 Å². The molecule has 0 aliphatic rings. The van der Waals surface area contributed by atoms with Crippen molar-refractivity contribution in [3.8, 4) is 11.5 Å². The van der Waals surface area contributed by atoms with Gasteiger partial charge in [0.2, 0.25) is 0 Å². The van der Waals surface area contributed by atoms with Gasteiger partial charge < -0.3 is 19.6 Å². The maximum atomic E-state index is 6.19. The molecule has 0 saturated carbocycles. The second-order valence-electron chi connectivity index (χ2n) is 4.06. The zero-order valence-electron chi connectivity index (χ0n) is 10.8. The fourth-order valence-corrected chi connectivity index (χ4v) is 1.90. The van der Waals surface area contributed by atoms with E-state index < -0.39 is 0 Å². The molecule has 1 unspecified atom stereocenters. The Hall–Kier alpha value is -1.94. The van der Waals surface area contributed by atoms with Crippen molar-refractivity contribution in [1.82, 2.24) is 0 Å². The Balaban J connectivity index is 2.37. The molecule has 0 spiro atoms. The molecule has 4 nitrogen and oxygen atoms in total. The largest absolute Gasteiger partial charge is 0.493 e. The molecule has 0 bridgehead atoms. The standard InChI is InChI=1S/C14H17NO3/c1-9-6-7-18-14(9)13(15)10-4-5-11(16-2)12(8-10)17-3/h4-8,13H,15H2,1-3H3. The third-order valence-electron chi connectivity index (χ3n) is 2.95. The fraction of sp³-hybridized carbons (Fsp3) is 0.286. The van der Waals surface area contributed by atoms with Gasteiger partial charge in [0, 0.05) is 0 Å². The number of nitrogens with two attached hydrogens (primary N) is 1. The summed E-state index contributed by atoms with van der Waals surface area (Å²) in [4.78, 5) is 0. The van der Waals surface area contributed by atoms with Gasteiger partial charge in [0.25, 0.3) is 0 Å². The minimum atomic E-state index is -0.306. The van der Waals surface area contributed by atoms with E-state index in [0.717, 1.165) is 16.9 Å². The first-order valence-electron chi connectivity index (χ1n) is 5.69. The highest BCUT2D eigenvalue weighted by Crippen LogP contribution is 2.32. The van der Waals surface area contributed by atoms with E-state index in [0.29, 0.717) is 11.5 Å². The van der Waals surface area contributed by atoms with Gasteiger partial charge >= 0.3 is 0 Å². The molecular weight excluding hydrogens is 230 g/mol. The van der Waals surface area contributed by atoms with Crippen molar-refractivity contribution in [1.29, 1.82) is 0 Å². The lowest BCUT2D eigenvalue weighted by Crippen LogP contribution is -2.12. The highest BCUT2D eigenvalue weighted by atomic mass is 16.5. The molecule has 0 aliphatic heterocycles. The van der Waals surface area contributed by atoms with Crippen LogP contribution in [0.25, 0.3) is 0 Å². The summed E-state index contributed by atoms with van der Waals surface area (Å²) in [7, 11) is 3.21. The predicted molar refractivity (Wildman–Crippen MR) is 69.0 cm³/mol. The number of rotatable bonds is 4. The van der Waals surface area contributed by atoms with Crippen LogP contribution < -0.4 is 15.2 Å². The van der Waals surface area contributed by atoms with Crippen LogP contribution in [0.5, 0.6) is 11.5 Å². The Kier molecular flexibility index (Phi) is 3.58. The lowest BCUT2D eigenvalue weighted by Gasteiger charge is -2.14. The average Bonchev–Trinajstić information content (AvgIpc) is 2.83. The van der Waals surface area contributed by atoms with Gasteiger partial charge in [-0.2, -0.15) is 0 Å². The van der Waals surface area contributed by atoms with Gasteiger partial charge in [0.05, 0.1) is 26.5 Å². The molecule has 1 aromatic carbocycles. The Labute approximate surface area is 106 Å². The molecule has 0 radical (unpaired) electrons. The van der Waals surface area contributed by atoms with Crippen molar-refractivity contribution in [2.24, 2.45) is 5.73 Å². The lowest BCUT2D eigenvalue weighted by molar-refractivity contribution is 0.354. The van der Waals surface area contributed by atoms with E-state index in [4.69, 9.17) is 19.6 Å². The second-order valence-corrected chi connectivity index (χ2v) is 4.06. The van der Waals surface area contributed by atoms with Gasteiger partial charge in [0.15, 0.2) is 11.5 Å². The van der Waals surface area contributed by atoms with Crippen LogP contribution in [0.15, 0.2) is 34.9 Å². The van der Waals surface area contributed by atoms with Crippen LogP contribution >= 0.6 is 0 Å². The van der Waals surface area contributed by atoms with Gasteiger partial charge in [0.1, 0.15) is 5.76 Å². The van der Waals surface area contributed by atoms with Crippen LogP contribution in [0.1, 0.15) is 22.9 Å². The Morgan fingerprint density at radius 2 is 1.83 bits per heavy atom. The first-order valence-corrected chi connectivity index (χ1v) is 5.69. The molecule has 0 fully saturated rings. The molecule has 2 N–H and O–H groups in total. The number of ether oxygens (including phenoxy) is 2. The summed E-state index contributed by atoms with van der Waals surface area (Å²) < 4.78 is 15.9. The molecule has 96 valence electrons. The van der Waals surface area contributed by atoms with E-state index in [9.17, 15) is 0 Å². The number of hydrogen-bond acceptors (Lipinski definition) is 4. The van der Waals surface area contributed by atoms with E-state index >= 15 is 0 Å². The van der Waals surface area contributed by atoms with Crippen LogP contribution in [0.2, 0.25) is 0 Å². The summed E-state index contributed by atoms with van der Waals surface area (Å²) in [6.45, 7) is 1.97. The summed E-state index contributed by atoms with van der Waals surface area (Å²) in [6.07, 6.45) is 1.64. The topological polar surface area (TPSA) is 57.6 Å². The maximum Gasteiger partial charge on any atom is 0.161 e. The van der Waals surface area contributed by atoms with Crippen molar-refractivity contribution in [2.45, 2.75) is 13.0 Å². The summed E-state index contributed by atoms with van der Waals surface area (Å²) in [6, 6.07) is 7.21. The number of methoxy groups -OCH3 is 2. The number of benzene rings is 1. The first-order chi connectivity index (χ1) is 8.67. The summed E-state index contributed by atoms with van der Waals surface area (Å²) >= 11 is 0. The van der Waals surface area contributed by atoms with E-state index in [2.05, 4.69) is 0 Å². The monoisotopic (exact) mass is 247 g/mol. The van der Waals surface area contributed by atoms with Crippen molar-refractivity contribution in [3.05, 3.63) is 47.4 Å². The van der Waals surface area contributed by atoms with E-state index in [-0.39, 0.29) is 6.04 Å². The molecular formula is C14H17NO3. The van der Waals surface area contributed by atoms with Crippen LogP contribution in [0, 0.1) is 6.92 Å². The number of hydrogen-bond donors (Lipinski definition) is 1. The molecule has 1 heterocycles. The van der Waals surface area contributed by atoms with Crippen molar-refractivity contribution in [3.63, 3.8) is 0 Å². The molecule has 0 saturated heterocycles. The van der Waals surface area contributed by atoms with E-state index in [1.165, 1.54) is 0 Å². The molecule has 0 amide bonds. The second kappa shape index (κ2) is 5.14. The lowest BCUT2D eigenvalue weighted by atomic mass is 10.0. The van der Waals surface area contributed by atoms with E-state index in [1.807, 2.05) is 31.2 Å². The smallest absolute Gasteiger partial charge is 0.161 e. The molecule has 2 aromatic rings. The summed E-state index contributed by atoms with van der Waals surface area (Å²) in [5.41, 5.74) is 8.15. The maximum absolute atomic E-state index is 6.19. The average molecular weight is 247 g/mol. The normalized spacial score (nSPS) is 12.2. The molecule has 1 aromatic heterocycles. The zero-order valence-corrected chi connectivity index (χ0v) is 10.8. The number of furan rings is 1. The summed E-state index contributed by atoms with van der Waals surface area (Å²) in [5.74, 6) is 2.11. The fourth-order valence-electron chi connectivity index (χ4n) is 1.90. The van der Waals surface area contributed by atoms with Gasteiger partial charge in [-0.15, -0.1) is 0 Å². The minimum Gasteiger partial charge on any atom is -0.493 e. The Morgan fingerprint density at radius 3 is 2.39 bits per heavy atom. The Bertz CT molecular complexity index is 534. The third-order valence-corrected chi connectivity index (χ3v) is 2.95. The van der Waals surface area contributed by atoms with Crippen molar-refractivity contribution in [2.75, 3.05) is 14.2 Å². The first kappa shape index (κ1) is 12.5. The highest BCUT2D eigenvalue weighted by molar-refractivity contribution is 5.45. The molecule has 18 heavy (non-hydrogen) atoms. The van der Waals surface area contributed by atoms with Crippen LogP contribution in [0.4, 0.5) is 0 Å². The van der Waals surface area contributed by atoms with Gasteiger partial charge in [-0.3, -0.25) is 0 Å². The van der Waals surface area contributed by atoms with E-state index in [1.54, 1.807) is 20.5 Å². The summed E-state index contributed by atoms with van der Waals surface area (Å²) in [5, 5.41) is 0. The highest BCUT2D eigenvalue weighted by Gasteiger charge is 2.16. The molecule has 1 atom stereocenters. The van der Waals surface area contributed by atoms with Crippen molar-refractivity contribution >= 4 is 0 Å². The van der Waals surface area contributed by atoms with Crippen LogP contribution in [-0.2, 0) is 0 Å². The predicted octanol–water partition coefficient (Wildman–Crippen LogP) is 2.65. The quantitative estimate of drug-likeness (QED) is 0.902. The zero-order chi connectivity index (χ0) is 13.1.